The van der Waals surface area contributed by atoms with Gasteiger partial charge in [-0.15, -0.1) is 0 Å². The van der Waals surface area contributed by atoms with Crippen molar-refractivity contribution in [2.45, 2.75) is 12.4 Å². The van der Waals surface area contributed by atoms with Crippen LogP contribution in [-0.4, -0.2) is 10.2 Å². The van der Waals surface area contributed by atoms with Crippen LogP contribution in [0.25, 0.3) is 10.8 Å². The molecule has 0 spiro atoms. The Morgan fingerprint density at radius 3 is 1.18 bits per heavy atom. The smallest absolute Gasteiger partial charge is 0.420 e. The molecular weight excluding hydrogens is 318 g/mol. The Bertz CT molecular complexity index is 702. The fourth-order valence-electron chi connectivity index (χ4n) is 2.13. The molecule has 0 atom stereocenters. The van der Waals surface area contributed by atoms with Crippen molar-refractivity contribution in [2.75, 3.05) is 11.5 Å². The molecule has 6 N–H and O–H groups in total. The van der Waals surface area contributed by atoms with E-state index >= 15 is 0 Å². The van der Waals surface area contributed by atoms with Gasteiger partial charge in [0.1, 0.15) is 11.1 Å². The van der Waals surface area contributed by atoms with Crippen molar-refractivity contribution >= 4 is 22.1 Å². The second-order valence-electron chi connectivity index (χ2n) is 4.47. The molecule has 0 saturated carbocycles. The maximum atomic E-state index is 13.0. The third kappa shape index (κ3) is 2.30. The lowest BCUT2D eigenvalue weighted by Crippen LogP contribution is -2.12. The normalized spacial score (nSPS) is 12.8. The Hall–Kier alpha value is -2.52. The molecule has 22 heavy (non-hydrogen) atoms. The fourth-order valence-corrected chi connectivity index (χ4v) is 2.13. The van der Waals surface area contributed by atoms with Crippen LogP contribution < -0.4 is 11.5 Å². The largest absolute Gasteiger partial charge is 0.505 e. The summed E-state index contributed by atoms with van der Waals surface area (Å²) in [4.78, 5) is 0. The summed E-state index contributed by atoms with van der Waals surface area (Å²) in [6, 6.07) is 1.00. The highest BCUT2D eigenvalue weighted by Gasteiger charge is 2.42. The average molecular weight is 326 g/mol. The van der Waals surface area contributed by atoms with Gasteiger partial charge in [0.05, 0.1) is 11.4 Å². The summed E-state index contributed by atoms with van der Waals surface area (Å²) in [7, 11) is 0. The van der Waals surface area contributed by atoms with Gasteiger partial charge in [0.2, 0.25) is 0 Å². The second kappa shape index (κ2) is 4.49. The van der Waals surface area contributed by atoms with Gasteiger partial charge >= 0.3 is 12.4 Å². The topological polar surface area (TPSA) is 92.5 Å². The maximum Gasteiger partial charge on any atom is 0.420 e. The number of nitrogen functional groups attached to an aromatic ring is 2. The van der Waals surface area contributed by atoms with E-state index in [1.807, 2.05) is 0 Å². The van der Waals surface area contributed by atoms with Crippen LogP contribution in [0.3, 0.4) is 0 Å². The van der Waals surface area contributed by atoms with Crippen LogP contribution in [0.5, 0.6) is 11.5 Å². The molecule has 2 aromatic rings. The number of phenols is 2. The Morgan fingerprint density at radius 2 is 0.955 bits per heavy atom. The minimum Gasteiger partial charge on any atom is -0.505 e. The van der Waals surface area contributed by atoms with E-state index < -0.39 is 57.1 Å². The van der Waals surface area contributed by atoms with Crippen LogP contribution in [0, 0.1) is 0 Å². The van der Waals surface area contributed by atoms with Crippen molar-refractivity contribution < 1.29 is 36.6 Å². The molecule has 0 radical (unpaired) electrons. The van der Waals surface area contributed by atoms with Crippen molar-refractivity contribution in [3.05, 3.63) is 23.3 Å². The van der Waals surface area contributed by atoms with Gasteiger partial charge in [-0.25, -0.2) is 0 Å². The number of benzene rings is 2. The minimum atomic E-state index is -5.18. The zero-order valence-corrected chi connectivity index (χ0v) is 10.5. The van der Waals surface area contributed by atoms with Crippen molar-refractivity contribution in [1.29, 1.82) is 0 Å². The van der Waals surface area contributed by atoms with E-state index in [9.17, 15) is 36.6 Å². The summed E-state index contributed by atoms with van der Waals surface area (Å²) < 4.78 is 78.1. The molecule has 10 heteroatoms. The first-order chi connectivity index (χ1) is 9.85. The summed E-state index contributed by atoms with van der Waals surface area (Å²) in [5.74, 6) is -2.81. The van der Waals surface area contributed by atoms with Crippen LogP contribution in [0.15, 0.2) is 12.1 Å². The Labute approximate surface area is 118 Å². The highest BCUT2D eigenvalue weighted by Crippen LogP contribution is 2.50. The molecule has 2 rings (SSSR count). The summed E-state index contributed by atoms with van der Waals surface area (Å²) in [5.41, 5.74) is 4.99. The van der Waals surface area contributed by atoms with Crippen LogP contribution in [-0.2, 0) is 12.4 Å². The number of fused-ring (bicyclic) bond motifs is 1. The Kier molecular flexibility index (Phi) is 3.23. The fraction of sp³-hybridized carbons (Fsp3) is 0.167. The molecule has 0 fully saturated rings. The molecule has 2 aromatic carbocycles. The zero-order chi connectivity index (χ0) is 17.0. The number of anilines is 2. The van der Waals surface area contributed by atoms with E-state index in [0.29, 0.717) is 12.1 Å². The minimum absolute atomic E-state index is 0.502. The lowest BCUT2D eigenvalue weighted by atomic mass is 9.95. The highest BCUT2D eigenvalue weighted by atomic mass is 19.4. The third-order valence-corrected chi connectivity index (χ3v) is 3.02. The standard InChI is InChI=1S/C12H8F6N2O2/c13-11(14,15)7-3-1-5(19)9(21)8(12(16,17)18)4(3)2-6(20)10(7)22/h1-2,21-22H,19-20H2. The molecule has 0 aromatic heterocycles. The van der Waals surface area contributed by atoms with E-state index in [4.69, 9.17) is 11.5 Å². The van der Waals surface area contributed by atoms with Crippen LogP contribution >= 0.6 is 0 Å². The quantitative estimate of drug-likeness (QED) is 0.339. The number of halogens is 6. The summed E-state index contributed by atoms with van der Waals surface area (Å²) >= 11 is 0. The van der Waals surface area contributed by atoms with Crippen molar-refractivity contribution in [3.8, 4) is 11.5 Å². The molecular formula is C12H8F6N2O2. The van der Waals surface area contributed by atoms with Crippen LogP contribution in [0.1, 0.15) is 11.1 Å². The van der Waals surface area contributed by atoms with Crippen LogP contribution in [0.2, 0.25) is 0 Å². The van der Waals surface area contributed by atoms with Crippen molar-refractivity contribution in [1.82, 2.24) is 0 Å². The van der Waals surface area contributed by atoms with Gasteiger partial charge in [-0.05, 0) is 12.1 Å². The molecule has 0 aliphatic heterocycles. The lowest BCUT2D eigenvalue weighted by molar-refractivity contribution is -0.139. The number of nitrogens with two attached hydrogens (primary N) is 2. The third-order valence-electron chi connectivity index (χ3n) is 3.02. The van der Waals surface area contributed by atoms with Gasteiger partial charge in [-0.2, -0.15) is 26.3 Å². The molecule has 4 nitrogen and oxygen atoms in total. The zero-order valence-electron chi connectivity index (χ0n) is 10.5. The molecule has 0 aliphatic carbocycles. The summed E-state index contributed by atoms with van der Waals surface area (Å²) in [6.45, 7) is 0. The van der Waals surface area contributed by atoms with Crippen molar-refractivity contribution in [3.63, 3.8) is 0 Å². The van der Waals surface area contributed by atoms with Crippen LogP contribution in [0.4, 0.5) is 37.7 Å². The van der Waals surface area contributed by atoms with E-state index in [2.05, 4.69) is 0 Å². The first-order valence-corrected chi connectivity index (χ1v) is 5.56. The number of alkyl halides is 6. The van der Waals surface area contributed by atoms with Gasteiger partial charge in [0.15, 0.2) is 11.5 Å². The molecule has 0 heterocycles. The van der Waals surface area contributed by atoms with Gasteiger partial charge in [-0.3, -0.25) is 0 Å². The molecule has 120 valence electrons. The summed E-state index contributed by atoms with van der Waals surface area (Å²) in [6.07, 6.45) is -10.4. The molecule has 0 bridgehead atoms. The average Bonchev–Trinajstić information content (AvgIpc) is 2.30. The highest BCUT2D eigenvalue weighted by molar-refractivity contribution is 5.99. The molecule has 0 amide bonds. The van der Waals surface area contributed by atoms with Crippen molar-refractivity contribution in [2.24, 2.45) is 0 Å². The monoisotopic (exact) mass is 326 g/mol. The Balaban J connectivity index is 3.13. The lowest BCUT2D eigenvalue weighted by Gasteiger charge is -2.19. The first kappa shape index (κ1) is 15.9. The molecule has 0 saturated heterocycles. The summed E-state index contributed by atoms with van der Waals surface area (Å²) in [5, 5.41) is 16.9. The SMILES string of the molecule is Nc1cc2c(C(F)(F)F)c(O)c(N)cc2c(C(F)(F)F)c1O. The maximum absolute atomic E-state index is 13.0. The van der Waals surface area contributed by atoms with Gasteiger partial charge in [0.25, 0.3) is 0 Å². The van der Waals surface area contributed by atoms with E-state index in [1.165, 1.54) is 0 Å². The number of hydrogen-bond acceptors (Lipinski definition) is 4. The first-order valence-electron chi connectivity index (χ1n) is 5.56. The predicted molar refractivity (Wildman–Crippen MR) is 66.1 cm³/mol. The van der Waals surface area contributed by atoms with Gasteiger partial charge in [0, 0.05) is 10.8 Å². The molecule has 0 unspecified atom stereocenters. The van der Waals surface area contributed by atoms with Gasteiger partial charge in [-0.1, -0.05) is 0 Å². The van der Waals surface area contributed by atoms with E-state index in [-0.39, 0.29) is 0 Å². The number of aromatic hydroxyl groups is 2. The van der Waals surface area contributed by atoms with E-state index in [0.717, 1.165) is 0 Å². The number of hydrogen-bond donors (Lipinski definition) is 4. The predicted octanol–water partition coefficient (Wildman–Crippen LogP) is 3.45. The van der Waals surface area contributed by atoms with Gasteiger partial charge < -0.3 is 21.7 Å². The number of phenolic OH excluding ortho intramolecular Hbond substituents is 2. The van der Waals surface area contributed by atoms with E-state index in [1.54, 1.807) is 0 Å². The Morgan fingerprint density at radius 1 is 0.682 bits per heavy atom. The second-order valence-corrected chi connectivity index (χ2v) is 4.47. The number of rotatable bonds is 0. The molecule has 0 aliphatic rings.